The van der Waals surface area contributed by atoms with E-state index in [2.05, 4.69) is 4.99 Å². The first-order valence-corrected chi connectivity index (χ1v) is 9.57. The molecule has 0 radical (unpaired) electrons. The molecule has 2 heterocycles. The maximum Gasteiger partial charge on any atom is 0.267 e. The molecule has 0 spiro atoms. The molecule has 1 aliphatic heterocycles. The molecule has 1 fully saturated rings. The van der Waals surface area contributed by atoms with Crippen molar-refractivity contribution in [2.24, 2.45) is 4.99 Å². The molecular formula is C22H18N2O3S. The summed E-state index contributed by atoms with van der Waals surface area (Å²) in [6, 6.07) is 20.9. The third-order valence-corrected chi connectivity index (χ3v) is 5.20. The van der Waals surface area contributed by atoms with Crippen molar-refractivity contribution < 1.29 is 13.9 Å². The van der Waals surface area contributed by atoms with Gasteiger partial charge in [0.05, 0.1) is 30.5 Å². The normalized spacial score (nSPS) is 16.9. The quantitative estimate of drug-likeness (QED) is 0.569. The summed E-state index contributed by atoms with van der Waals surface area (Å²) >= 11 is 1.35. The van der Waals surface area contributed by atoms with Crippen molar-refractivity contribution in [1.82, 2.24) is 4.90 Å². The van der Waals surface area contributed by atoms with Crippen molar-refractivity contribution in [3.05, 3.63) is 89.2 Å². The fourth-order valence-electron chi connectivity index (χ4n) is 2.83. The van der Waals surface area contributed by atoms with Crippen LogP contribution in [0.25, 0.3) is 6.08 Å². The molecule has 0 atom stereocenters. The standard InChI is InChI=1S/C22H18N2O3S/c1-26-19-12-6-5-8-16(19)14-20-21(25)24(15-18-11-7-13-27-18)22(28-20)23-17-9-3-2-4-10-17/h2-14H,15H2,1H3/b20-14+,23-22?. The number of furan rings is 1. The number of rotatable bonds is 5. The summed E-state index contributed by atoms with van der Waals surface area (Å²) in [5, 5.41) is 0.619. The number of amidine groups is 1. The Hall–Kier alpha value is -3.25. The lowest BCUT2D eigenvalue weighted by Crippen LogP contribution is -2.28. The second kappa shape index (κ2) is 8.19. The highest BCUT2D eigenvalue weighted by Crippen LogP contribution is 2.36. The van der Waals surface area contributed by atoms with Crippen molar-refractivity contribution in [3.63, 3.8) is 0 Å². The molecule has 1 aromatic heterocycles. The van der Waals surface area contributed by atoms with Crippen LogP contribution < -0.4 is 4.74 Å². The molecule has 3 aromatic rings. The zero-order chi connectivity index (χ0) is 19.3. The van der Waals surface area contributed by atoms with Gasteiger partial charge in [-0.05, 0) is 48.2 Å². The number of carbonyl (C=O) groups excluding carboxylic acids is 1. The van der Waals surface area contributed by atoms with E-state index in [9.17, 15) is 4.79 Å². The summed E-state index contributed by atoms with van der Waals surface area (Å²) < 4.78 is 10.8. The van der Waals surface area contributed by atoms with E-state index in [1.54, 1.807) is 18.3 Å². The van der Waals surface area contributed by atoms with Gasteiger partial charge < -0.3 is 9.15 Å². The molecule has 5 nitrogen and oxygen atoms in total. The Balaban J connectivity index is 1.71. The molecule has 0 unspecified atom stereocenters. The number of hydrogen-bond donors (Lipinski definition) is 0. The van der Waals surface area contributed by atoms with Crippen LogP contribution in [0.1, 0.15) is 11.3 Å². The Morgan fingerprint density at radius 2 is 1.86 bits per heavy atom. The fourth-order valence-corrected chi connectivity index (χ4v) is 3.82. The van der Waals surface area contributed by atoms with Crippen LogP contribution in [0.15, 0.2) is 87.3 Å². The van der Waals surface area contributed by atoms with Crippen LogP contribution in [0.3, 0.4) is 0 Å². The minimum absolute atomic E-state index is 0.109. The Morgan fingerprint density at radius 1 is 1.07 bits per heavy atom. The van der Waals surface area contributed by atoms with Crippen molar-refractivity contribution in [1.29, 1.82) is 0 Å². The van der Waals surface area contributed by atoms with Crippen LogP contribution in [0.2, 0.25) is 0 Å². The number of amides is 1. The van der Waals surface area contributed by atoms with E-state index in [1.807, 2.05) is 72.8 Å². The first kappa shape index (κ1) is 18.1. The molecule has 0 N–H and O–H groups in total. The lowest BCUT2D eigenvalue weighted by Gasteiger charge is -2.13. The SMILES string of the molecule is COc1ccccc1/C=C1/SC(=Nc2ccccc2)N(Cc2ccco2)C1=O. The zero-order valence-corrected chi connectivity index (χ0v) is 16.1. The lowest BCUT2D eigenvalue weighted by molar-refractivity contribution is -0.122. The van der Waals surface area contributed by atoms with Crippen molar-refractivity contribution in [2.45, 2.75) is 6.54 Å². The molecule has 6 heteroatoms. The smallest absolute Gasteiger partial charge is 0.267 e. The maximum atomic E-state index is 13.1. The average Bonchev–Trinajstić information content (AvgIpc) is 3.34. The van der Waals surface area contributed by atoms with Gasteiger partial charge in [-0.15, -0.1) is 0 Å². The Kier molecular flexibility index (Phi) is 5.30. The summed E-state index contributed by atoms with van der Waals surface area (Å²) in [4.78, 5) is 20.0. The third-order valence-electron chi connectivity index (χ3n) is 4.19. The predicted octanol–water partition coefficient (Wildman–Crippen LogP) is 5.09. The van der Waals surface area contributed by atoms with Crippen molar-refractivity contribution >= 4 is 34.6 Å². The second-order valence-corrected chi connectivity index (χ2v) is 7.06. The summed E-state index contributed by atoms with van der Waals surface area (Å²) in [7, 11) is 1.62. The van der Waals surface area contributed by atoms with E-state index in [4.69, 9.17) is 9.15 Å². The number of thioether (sulfide) groups is 1. The third kappa shape index (κ3) is 3.87. The Morgan fingerprint density at radius 3 is 2.61 bits per heavy atom. The number of ether oxygens (including phenoxy) is 1. The van der Waals surface area contributed by atoms with Gasteiger partial charge in [0, 0.05) is 5.56 Å². The van der Waals surface area contributed by atoms with Gasteiger partial charge >= 0.3 is 0 Å². The van der Waals surface area contributed by atoms with E-state index in [0.717, 1.165) is 17.0 Å². The van der Waals surface area contributed by atoms with Gasteiger partial charge in [0.25, 0.3) is 5.91 Å². The summed E-state index contributed by atoms with van der Waals surface area (Å²) in [5.74, 6) is 1.31. The predicted molar refractivity (Wildman–Crippen MR) is 111 cm³/mol. The molecular weight excluding hydrogens is 372 g/mol. The largest absolute Gasteiger partial charge is 0.496 e. The molecule has 140 valence electrons. The van der Waals surface area contributed by atoms with E-state index < -0.39 is 0 Å². The minimum Gasteiger partial charge on any atom is -0.496 e. The van der Waals surface area contributed by atoms with E-state index >= 15 is 0 Å². The zero-order valence-electron chi connectivity index (χ0n) is 15.2. The topological polar surface area (TPSA) is 55.0 Å². The van der Waals surface area contributed by atoms with Gasteiger partial charge in [-0.3, -0.25) is 9.69 Å². The molecule has 2 aromatic carbocycles. The number of carbonyl (C=O) groups is 1. The number of methoxy groups -OCH3 is 1. The maximum absolute atomic E-state index is 13.1. The van der Waals surface area contributed by atoms with Crippen LogP contribution in [0.4, 0.5) is 5.69 Å². The molecule has 0 bridgehead atoms. The highest BCUT2D eigenvalue weighted by atomic mass is 32.2. The molecule has 4 rings (SSSR count). The van der Waals surface area contributed by atoms with Crippen molar-refractivity contribution in [3.8, 4) is 5.75 Å². The van der Waals surface area contributed by atoms with Crippen molar-refractivity contribution in [2.75, 3.05) is 7.11 Å². The van der Waals surface area contributed by atoms with Crippen LogP contribution in [-0.2, 0) is 11.3 Å². The monoisotopic (exact) mass is 390 g/mol. The number of benzene rings is 2. The van der Waals surface area contributed by atoms with Crippen LogP contribution in [0.5, 0.6) is 5.75 Å². The minimum atomic E-state index is -0.109. The first-order chi connectivity index (χ1) is 13.7. The molecule has 0 aliphatic carbocycles. The molecule has 1 aliphatic rings. The van der Waals surface area contributed by atoms with E-state index in [0.29, 0.717) is 22.4 Å². The molecule has 1 amide bonds. The highest BCUT2D eigenvalue weighted by Gasteiger charge is 2.34. The van der Waals surface area contributed by atoms with Crippen LogP contribution in [-0.4, -0.2) is 23.1 Å². The van der Waals surface area contributed by atoms with Gasteiger partial charge in [-0.25, -0.2) is 4.99 Å². The van der Waals surface area contributed by atoms with Crippen LogP contribution >= 0.6 is 11.8 Å². The average molecular weight is 390 g/mol. The van der Waals surface area contributed by atoms with Gasteiger partial charge in [0.15, 0.2) is 5.17 Å². The van der Waals surface area contributed by atoms with E-state index in [-0.39, 0.29) is 5.91 Å². The Bertz CT molecular complexity index is 1030. The summed E-state index contributed by atoms with van der Waals surface area (Å²) in [6.45, 7) is 0.327. The first-order valence-electron chi connectivity index (χ1n) is 8.75. The number of aliphatic imine (C=N–C) groups is 1. The lowest BCUT2D eigenvalue weighted by atomic mass is 10.2. The number of para-hydroxylation sites is 2. The van der Waals surface area contributed by atoms with Gasteiger partial charge in [-0.2, -0.15) is 0 Å². The Labute approximate surface area is 167 Å². The van der Waals surface area contributed by atoms with Crippen LogP contribution in [0, 0.1) is 0 Å². The number of hydrogen-bond acceptors (Lipinski definition) is 5. The molecule has 1 saturated heterocycles. The highest BCUT2D eigenvalue weighted by molar-refractivity contribution is 8.18. The number of nitrogens with zero attached hydrogens (tertiary/aromatic N) is 2. The molecule has 0 saturated carbocycles. The van der Waals surface area contributed by atoms with Gasteiger partial charge in [0.1, 0.15) is 11.5 Å². The van der Waals surface area contributed by atoms with Gasteiger partial charge in [0.2, 0.25) is 0 Å². The summed E-state index contributed by atoms with van der Waals surface area (Å²) in [5.41, 5.74) is 1.64. The summed E-state index contributed by atoms with van der Waals surface area (Å²) in [6.07, 6.45) is 3.44. The van der Waals surface area contributed by atoms with Gasteiger partial charge in [-0.1, -0.05) is 36.4 Å². The molecule has 28 heavy (non-hydrogen) atoms. The fraction of sp³-hybridized carbons (Fsp3) is 0.0909. The van der Waals surface area contributed by atoms with E-state index in [1.165, 1.54) is 11.8 Å². The second-order valence-electron chi connectivity index (χ2n) is 6.05.